The average molecular weight is 272 g/mol. The number of rotatable bonds is 4. The molecule has 1 atom stereocenters. The van der Waals surface area contributed by atoms with Crippen LogP contribution in [0.3, 0.4) is 0 Å². The number of thiophene rings is 1. The van der Waals surface area contributed by atoms with Crippen LogP contribution in [0.15, 0.2) is 36.1 Å². The van der Waals surface area contributed by atoms with E-state index in [1.165, 1.54) is 4.70 Å². The van der Waals surface area contributed by atoms with E-state index in [1.54, 1.807) is 11.3 Å². The SMILES string of the molecule is CCn1ccnc1CC(N)c1cnc2ccsc2c1. The number of nitrogens with two attached hydrogens (primary N) is 1. The van der Waals surface area contributed by atoms with Gasteiger partial charge in [-0.3, -0.25) is 4.98 Å². The largest absolute Gasteiger partial charge is 0.335 e. The Labute approximate surface area is 115 Å². The van der Waals surface area contributed by atoms with Crippen molar-refractivity contribution in [3.8, 4) is 0 Å². The molecule has 0 spiro atoms. The van der Waals surface area contributed by atoms with Crippen LogP contribution in [0.25, 0.3) is 10.2 Å². The number of fused-ring (bicyclic) bond motifs is 1. The lowest BCUT2D eigenvalue weighted by Gasteiger charge is -2.12. The van der Waals surface area contributed by atoms with Gasteiger partial charge in [-0.1, -0.05) is 0 Å². The van der Waals surface area contributed by atoms with E-state index >= 15 is 0 Å². The molecule has 0 aliphatic heterocycles. The van der Waals surface area contributed by atoms with Gasteiger partial charge in [-0.2, -0.15) is 0 Å². The van der Waals surface area contributed by atoms with E-state index in [4.69, 9.17) is 5.73 Å². The van der Waals surface area contributed by atoms with Crippen molar-refractivity contribution in [1.82, 2.24) is 14.5 Å². The van der Waals surface area contributed by atoms with Crippen molar-refractivity contribution in [3.63, 3.8) is 0 Å². The standard InChI is InChI=1S/C14H16N4S/c1-2-18-5-4-16-14(18)8-11(15)10-7-13-12(17-9-10)3-6-19-13/h3-7,9,11H,2,8,15H2,1H3. The summed E-state index contributed by atoms with van der Waals surface area (Å²) >= 11 is 1.70. The van der Waals surface area contributed by atoms with Crippen molar-refractivity contribution in [1.29, 1.82) is 0 Å². The molecule has 3 heterocycles. The van der Waals surface area contributed by atoms with Gasteiger partial charge in [0.25, 0.3) is 0 Å². The molecule has 3 aromatic heterocycles. The Balaban J connectivity index is 1.84. The van der Waals surface area contributed by atoms with Crippen molar-refractivity contribution in [3.05, 3.63) is 47.5 Å². The van der Waals surface area contributed by atoms with E-state index in [2.05, 4.69) is 32.9 Å². The molecule has 0 radical (unpaired) electrons. The lowest BCUT2D eigenvalue weighted by molar-refractivity contribution is 0.627. The van der Waals surface area contributed by atoms with Gasteiger partial charge in [0.2, 0.25) is 0 Å². The van der Waals surface area contributed by atoms with E-state index in [9.17, 15) is 0 Å². The molecule has 0 aromatic carbocycles. The molecule has 0 aliphatic carbocycles. The average Bonchev–Trinajstić information content (AvgIpc) is 3.05. The summed E-state index contributed by atoms with van der Waals surface area (Å²) < 4.78 is 3.31. The molecule has 19 heavy (non-hydrogen) atoms. The zero-order valence-corrected chi connectivity index (χ0v) is 11.6. The highest BCUT2D eigenvalue weighted by Gasteiger charge is 2.12. The van der Waals surface area contributed by atoms with Gasteiger partial charge in [-0.15, -0.1) is 11.3 Å². The molecule has 2 N–H and O–H groups in total. The maximum absolute atomic E-state index is 6.28. The first-order chi connectivity index (χ1) is 9.28. The second-order valence-corrected chi connectivity index (χ2v) is 5.46. The molecule has 0 saturated carbocycles. The topological polar surface area (TPSA) is 56.7 Å². The monoisotopic (exact) mass is 272 g/mol. The van der Waals surface area contributed by atoms with Crippen molar-refractivity contribution in [2.24, 2.45) is 5.73 Å². The molecule has 5 heteroatoms. The highest BCUT2D eigenvalue weighted by Crippen LogP contribution is 2.23. The summed E-state index contributed by atoms with van der Waals surface area (Å²) in [4.78, 5) is 8.81. The molecule has 0 fully saturated rings. The molecule has 4 nitrogen and oxygen atoms in total. The number of aryl methyl sites for hydroxylation is 1. The summed E-state index contributed by atoms with van der Waals surface area (Å²) in [7, 11) is 0. The maximum Gasteiger partial charge on any atom is 0.110 e. The minimum atomic E-state index is -0.0632. The summed E-state index contributed by atoms with van der Waals surface area (Å²) in [6, 6.07) is 4.10. The van der Waals surface area contributed by atoms with Crippen LogP contribution in [-0.2, 0) is 13.0 Å². The zero-order chi connectivity index (χ0) is 13.2. The molecule has 0 bridgehead atoms. The lowest BCUT2D eigenvalue weighted by atomic mass is 10.1. The van der Waals surface area contributed by atoms with Gasteiger partial charge in [0.1, 0.15) is 5.82 Å². The van der Waals surface area contributed by atoms with E-state index in [-0.39, 0.29) is 6.04 Å². The second-order valence-electron chi connectivity index (χ2n) is 4.51. The highest BCUT2D eigenvalue weighted by atomic mass is 32.1. The van der Waals surface area contributed by atoms with Gasteiger partial charge in [0, 0.05) is 37.6 Å². The van der Waals surface area contributed by atoms with Crippen LogP contribution >= 0.6 is 11.3 Å². The predicted molar refractivity (Wildman–Crippen MR) is 78.2 cm³/mol. The van der Waals surface area contributed by atoms with Crippen LogP contribution in [-0.4, -0.2) is 14.5 Å². The van der Waals surface area contributed by atoms with Crippen LogP contribution in [0, 0.1) is 0 Å². The Morgan fingerprint density at radius 3 is 3.16 bits per heavy atom. The fourth-order valence-electron chi connectivity index (χ4n) is 2.20. The van der Waals surface area contributed by atoms with Crippen molar-refractivity contribution in [2.75, 3.05) is 0 Å². The third kappa shape index (κ3) is 2.39. The number of aromatic nitrogens is 3. The number of pyridine rings is 1. The minimum absolute atomic E-state index is 0.0632. The lowest BCUT2D eigenvalue weighted by Crippen LogP contribution is -2.16. The first-order valence-corrected chi connectivity index (χ1v) is 7.24. The Hall–Kier alpha value is -1.72. The first kappa shape index (κ1) is 12.3. The Morgan fingerprint density at radius 2 is 2.32 bits per heavy atom. The predicted octanol–water partition coefficient (Wildman–Crippen LogP) is 2.76. The fraction of sp³-hybridized carbons (Fsp3) is 0.286. The van der Waals surface area contributed by atoms with Gasteiger partial charge in [-0.25, -0.2) is 4.98 Å². The highest BCUT2D eigenvalue weighted by molar-refractivity contribution is 7.17. The number of imidazole rings is 1. The quantitative estimate of drug-likeness (QED) is 0.794. The van der Waals surface area contributed by atoms with E-state index < -0.39 is 0 Å². The summed E-state index contributed by atoms with van der Waals surface area (Å²) in [6.07, 6.45) is 6.42. The van der Waals surface area contributed by atoms with Crippen molar-refractivity contribution >= 4 is 21.6 Å². The molecule has 0 amide bonds. The number of hydrogen-bond acceptors (Lipinski definition) is 4. The Morgan fingerprint density at radius 1 is 1.42 bits per heavy atom. The number of hydrogen-bond donors (Lipinski definition) is 1. The maximum atomic E-state index is 6.28. The van der Waals surface area contributed by atoms with Gasteiger partial charge >= 0.3 is 0 Å². The third-order valence-corrected chi connectivity index (χ3v) is 4.15. The summed E-state index contributed by atoms with van der Waals surface area (Å²) in [5, 5.41) is 2.05. The van der Waals surface area contributed by atoms with E-state index in [1.807, 2.05) is 24.7 Å². The minimum Gasteiger partial charge on any atom is -0.335 e. The second kappa shape index (κ2) is 5.11. The van der Waals surface area contributed by atoms with E-state index in [0.29, 0.717) is 0 Å². The van der Waals surface area contributed by atoms with Crippen LogP contribution in [0.4, 0.5) is 0 Å². The number of nitrogens with zero attached hydrogens (tertiary/aromatic N) is 3. The smallest absolute Gasteiger partial charge is 0.110 e. The Kier molecular flexibility index (Phi) is 3.31. The molecule has 1 unspecified atom stereocenters. The van der Waals surface area contributed by atoms with Crippen LogP contribution in [0.2, 0.25) is 0 Å². The van der Waals surface area contributed by atoms with E-state index in [0.717, 1.165) is 29.9 Å². The van der Waals surface area contributed by atoms with Crippen LogP contribution in [0.5, 0.6) is 0 Å². The fourth-order valence-corrected chi connectivity index (χ4v) is 2.99. The zero-order valence-electron chi connectivity index (χ0n) is 10.8. The van der Waals surface area contributed by atoms with Gasteiger partial charge in [0.05, 0.1) is 10.2 Å². The molecular formula is C14H16N4S. The summed E-state index contributed by atoms with van der Waals surface area (Å²) in [5.41, 5.74) is 8.39. The van der Waals surface area contributed by atoms with Crippen LogP contribution < -0.4 is 5.73 Å². The molecule has 0 aliphatic rings. The summed E-state index contributed by atoms with van der Waals surface area (Å²) in [6.45, 7) is 3.03. The van der Waals surface area contributed by atoms with Crippen molar-refractivity contribution < 1.29 is 0 Å². The normalized spacial score (nSPS) is 12.9. The van der Waals surface area contributed by atoms with Gasteiger partial charge < -0.3 is 10.3 Å². The molecule has 0 saturated heterocycles. The molecule has 3 aromatic rings. The molecule has 98 valence electrons. The molecule has 3 rings (SSSR count). The van der Waals surface area contributed by atoms with Gasteiger partial charge in [-0.05, 0) is 30.0 Å². The van der Waals surface area contributed by atoms with Gasteiger partial charge in [0.15, 0.2) is 0 Å². The Bertz CT molecular complexity index is 685. The third-order valence-electron chi connectivity index (χ3n) is 3.30. The summed E-state index contributed by atoms with van der Waals surface area (Å²) in [5.74, 6) is 1.03. The first-order valence-electron chi connectivity index (χ1n) is 6.36. The van der Waals surface area contributed by atoms with Crippen molar-refractivity contribution in [2.45, 2.75) is 25.9 Å². The van der Waals surface area contributed by atoms with Crippen LogP contribution in [0.1, 0.15) is 24.4 Å². The molecular weight excluding hydrogens is 256 g/mol.